The maximum Gasteiger partial charge on any atom is 0.255 e. The molecular weight excluding hydrogens is 318 g/mol. The number of aryl methyl sites for hydroxylation is 1. The van der Waals surface area contributed by atoms with E-state index in [0.717, 1.165) is 21.3 Å². The fourth-order valence-corrected chi connectivity index (χ4v) is 2.12. The summed E-state index contributed by atoms with van der Waals surface area (Å²) in [6.45, 7) is 2.08. The molecule has 0 bridgehead atoms. The molecule has 2 aromatic carbocycles. The summed E-state index contributed by atoms with van der Waals surface area (Å²) in [7, 11) is 0. The molecular formula is C16H16BrNO2. The molecule has 0 atom stereocenters. The second kappa shape index (κ2) is 6.68. The molecule has 0 unspecified atom stereocenters. The summed E-state index contributed by atoms with van der Waals surface area (Å²) in [4.78, 5) is 12.1. The van der Waals surface area contributed by atoms with Gasteiger partial charge in [0, 0.05) is 22.3 Å². The lowest BCUT2D eigenvalue weighted by Crippen LogP contribution is -2.12. The molecule has 0 aliphatic carbocycles. The molecule has 3 nitrogen and oxygen atoms in total. The van der Waals surface area contributed by atoms with Crippen LogP contribution in [0.1, 0.15) is 21.5 Å². The number of nitrogens with one attached hydrogen (secondary N) is 1. The number of aliphatic hydroxyl groups excluding tert-OH is 1. The summed E-state index contributed by atoms with van der Waals surface area (Å²) in [5.74, 6) is -0.129. The molecule has 20 heavy (non-hydrogen) atoms. The number of hydrogen-bond acceptors (Lipinski definition) is 2. The van der Waals surface area contributed by atoms with Crippen molar-refractivity contribution in [2.24, 2.45) is 0 Å². The Kier molecular flexibility index (Phi) is 4.93. The zero-order valence-electron chi connectivity index (χ0n) is 11.2. The first-order valence-electron chi connectivity index (χ1n) is 6.37. The molecule has 0 radical (unpaired) electrons. The van der Waals surface area contributed by atoms with Gasteiger partial charge in [0.1, 0.15) is 0 Å². The largest absolute Gasteiger partial charge is 0.396 e. The predicted molar refractivity (Wildman–Crippen MR) is 84.1 cm³/mol. The number of rotatable bonds is 4. The SMILES string of the molecule is Cc1cc(C(=O)Nc2ccc(CCO)cc2)ccc1Br. The van der Waals surface area contributed by atoms with E-state index in [1.807, 2.05) is 43.3 Å². The minimum atomic E-state index is -0.129. The van der Waals surface area contributed by atoms with E-state index in [1.54, 1.807) is 6.07 Å². The molecule has 0 aromatic heterocycles. The van der Waals surface area contributed by atoms with Gasteiger partial charge in [0.15, 0.2) is 0 Å². The van der Waals surface area contributed by atoms with E-state index < -0.39 is 0 Å². The molecule has 2 aromatic rings. The van der Waals surface area contributed by atoms with E-state index in [-0.39, 0.29) is 12.5 Å². The van der Waals surface area contributed by atoms with Crippen molar-refractivity contribution in [2.75, 3.05) is 11.9 Å². The van der Waals surface area contributed by atoms with Crippen molar-refractivity contribution in [1.29, 1.82) is 0 Å². The van der Waals surface area contributed by atoms with Crippen LogP contribution >= 0.6 is 15.9 Å². The van der Waals surface area contributed by atoms with E-state index in [2.05, 4.69) is 21.2 Å². The summed E-state index contributed by atoms with van der Waals surface area (Å²) in [5.41, 5.74) is 3.45. The van der Waals surface area contributed by atoms with Gasteiger partial charge in [-0.15, -0.1) is 0 Å². The van der Waals surface area contributed by atoms with Gasteiger partial charge in [-0.2, -0.15) is 0 Å². The maximum atomic E-state index is 12.1. The Morgan fingerprint density at radius 3 is 2.50 bits per heavy atom. The highest BCUT2D eigenvalue weighted by Gasteiger charge is 2.07. The molecule has 104 valence electrons. The number of carbonyl (C=O) groups is 1. The number of hydrogen-bond donors (Lipinski definition) is 2. The highest BCUT2D eigenvalue weighted by atomic mass is 79.9. The van der Waals surface area contributed by atoms with Crippen LogP contribution in [0.25, 0.3) is 0 Å². The van der Waals surface area contributed by atoms with Gasteiger partial charge < -0.3 is 10.4 Å². The van der Waals surface area contributed by atoms with Crippen LogP contribution in [0.5, 0.6) is 0 Å². The lowest BCUT2D eigenvalue weighted by Gasteiger charge is -2.07. The first-order chi connectivity index (χ1) is 9.60. The van der Waals surface area contributed by atoms with E-state index >= 15 is 0 Å². The molecule has 1 amide bonds. The van der Waals surface area contributed by atoms with Gasteiger partial charge in [0.2, 0.25) is 0 Å². The Morgan fingerprint density at radius 2 is 1.90 bits per heavy atom. The summed E-state index contributed by atoms with van der Waals surface area (Å²) in [6, 6.07) is 13.0. The zero-order chi connectivity index (χ0) is 14.5. The first-order valence-corrected chi connectivity index (χ1v) is 7.17. The molecule has 0 fully saturated rings. The van der Waals surface area contributed by atoms with Crippen LogP contribution in [-0.2, 0) is 6.42 Å². The molecule has 4 heteroatoms. The Balaban J connectivity index is 2.08. The first kappa shape index (κ1) is 14.8. The Hall–Kier alpha value is -1.65. The monoisotopic (exact) mass is 333 g/mol. The molecule has 0 aliphatic rings. The van der Waals surface area contributed by atoms with Crippen molar-refractivity contribution in [1.82, 2.24) is 0 Å². The van der Waals surface area contributed by atoms with Crippen LogP contribution in [0.3, 0.4) is 0 Å². The van der Waals surface area contributed by atoms with Gasteiger partial charge in [0.25, 0.3) is 5.91 Å². The quantitative estimate of drug-likeness (QED) is 0.898. The average Bonchev–Trinajstić information content (AvgIpc) is 2.44. The Morgan fingerprint density at radius 1 is 1.20 bits per heavy atom. The molecule has 0 heterocycles. The standard InChI is InChI=1S/C16H16BrNO2/c1-11-10-13(4-7-15(11)17)16(20)18-14-5-2-12(3-6-14)8-9-19/h2-7,10,19H,8-9H2,1H3,(H,18,20). The minimum Gasteiger partial charge on any atom is -0.396 e. The third-order valence-corrected chi connectivity index (χ3v) is 3.92. The number of anilines is 1. The summed E-state index contributed by atoms with van der Waals surface area (Å²) < 4.78 is 0.988. The molecule has 2 rings (SSSR count). The molecule has 0 aliphatic heterocycles. The van der Waals surface area contributed by atoms with Crippen LogP contribution in [-0.4, -0.2) is 17.6 Å². The molecule has 2 N–H and O–H groups in total. The van der Waals surface area contributed by atoms with Gasteiger partial charge in [0.05, 0.1) is 0 Å². The third-order valence-electron chi connectivity index (χ3n) is 3.03. The zero-order valence-corrected chi connectivity index (χ0v) is 12.8. The predicted octanol–water partition coefficient (Wildman–Crippen LogP) is 3.54. The number of halogens is 1. The van der Waals surface area contributed by atoms with Gasteiger partial charge in [-0.1, -0.05) is 28.1 Å². The summed E-state index contributed by atoms with van der Waals surface area (Å²) >= 11 is 3.42. The Labute approximate surface area is 126 Å². The van der Waals surface area contributed by atoms with Crippen molar-refractivity contribution < 1.29 is 9.90 Å². The number of carbonyl (C=O) groups excluding carboxylic acids is 1. The van der Waals surface area contributed by atoms with Crippen LogP contribution in [0.2, 0.25) is 0 Å². The molecule has 0 saturated carbocycles. The maximum absolute atomic E-state index is 12.1. The number of benzene rings is 2. The minimum absolute atomic E-state index is 0.129. The lowest BCUT2D eigenvalue weighted by molar-refractivity contribution is 0.102. The summed E-state index contributed by atoms with van der Waals surface area (Å²) in [5, 5.41) is 11.7. The third kappa shape index (κ3) is 3.68. The fraction of sp³-hybridized carbons (Fsp3) is 0.188. The highest BCUT2D eigenvalue weighted by Crippen LogP contribution is 2.18. The van der Waals surface area contributed by atoms with Crippen molar-refractivity contribution in [3.8, 4) is 0 Å². The van der Waals surface area contributed by atoms with Crippen LogP contribution in [0.15, 0.2) is 46.9 Å². The molecule has 0 spiro atoms. The van der Waals surface area contributed by atoms with Crippen molar-refractivity contribution in [3.63, 3.8) is 0 Å². The second-order valence-corrected chi connectivity index (χ2v) is 5.44. The lowest BCUT2D eigenvalue weighted by atomic mass is 10.1. The topological polar surface area (TPSA) is 49.3 Å². The van der Waals surface area contributed by atoms with Crippen LogP contribution in [0, 0.1) is 6.92 Å². The van der Waals surface area contributed by atoms with Gasteiger partial charge >= 0.3 is 0 Å². The average molecular weight is 334 g/mol. The smallest absolute Gasteiger partial charge is 0.255 e. The van der Waals surface area contributed by atoms with Gasteiger partial charge in [-0.3, -0.25) is 4.79 Å². The molecule has 0 saturated heterocycles. The van der Waals surface area contributed by atoms with Crippen molar-refractivity contribution in [3.05, 3.63) is 63.6 Å². The Bertz CT molecular complexity index is 608. The van der Waals surface area contributed by atoms with E-state index in [0.29, 0.717) is 12.0 Å². The van der Waals surface area contributed by atoms with E-state index in [1.165, 1.54) is 0 Å². The summed E-state index contributed by atoms with van der Waals surface area (Å²) in [6.07, 6.45) is 0.625. The number of aliphatic hydroxyl groups is 1. The number of amides is 1. The van der Waals surface area contributed by atoms with Crippen molar-refractivity contribution >= 4 is 27.5 Å². The van der Waals surface area contributed by atoms with E-state index in [4.69, 9.17) is 5.11 Å². The van der Waals surface area contributed by atoms with Gasteiger partial charge in [-0.05, 0) is 54.8 Å². The van der Waals surface area contributed by atoms with Crippen LogP contribution < -0.4 is 5.32 Å². The second-order valence-electron chi connectivity index (χ2n) is 4.59. The fourth-order valence-electron chi connectivity index (χ4n) is 1.87. The highest BCUT2D eigenvalue weighted by molar-refractivity contribution is 9.10. The van der Waals surface area contributed by atoms with Crippen LogP contribution in [0.4, 0.5) is 5.69 Å². The van der Waals surface area contributed by atoms with Crippen molar-refractivity contribution in [2.45, 2.75) is 13.3 Å². The normalized spacial score (nSPS) is 10.3. The van der Waals surface area contributed by atoms with Gasteiger partial charge in [-0.25, -0.2) is 0 Å². The van der Waals surface area contributed by atoms with E-state index in [9.17, 15) is 4.79 Å².